The number of carbonyl (C=O) groups excluding carboxylic acids is 1. The third-order valence-corrected chi connectivity index (χ3v) is 3.05. The lowest BCUT2D eigenvalue weighted by molar-refractivity contribution is -0.137. The van der Waals surface area contributed by atoms with E-state index in [0.717, 1.165) is 24.8 Å². The van der Waals surface area contributed by atoms with Gasteiger partial charge < -0.3 is 9.47 Å². The fraction of sp³-hybridized carbons (Fsp3) is 0.333. The number of rotatable bonds is 4. The van der Waals surface area contributed by atoms with Crippen molar-refractivity contribution in [2.45, 2.75) is 25.4 Å². The predicted molar refractivity (Wildman–Crippen MR) is 72.3 cm³/mol. The Morgan fingerprint density at radius 1 is 1.41 bits per heavy atom. The van der Waals surface area contributed by atoms with Crippen LogP contribution >= 0.6 is 0 Å². The van der Waals surface area contributed by atoms with E-state index in [2.05, 4.69) is 0 Å². The normalized spacial score (nSPS) is 20.4. The van der Waals surface area contributed by atoms with E-state index in [1.165, 1.54) is 12.1 Å². The van der Waals surface area contributed by atoms with Crippen molar-refractivity contribution in [2.75, 3.05) is 6.61 Å². The highest BCUT2D eigenvalue weighted by Gasteiger charge is 2.40. The lowest BCUT2D eigenvalue weighted by atomic mass is 9.94. The molecule has 1 fully saturated rings. The summed E-state index contributed by atoms with van der Waals surface area (Å²) in [6, 6.07) is 4.34. The molecule has 1 aromatic carbocycles. The van der Waals surface area contributed by atoms with Crippen molar-refractivity contribution in [3.05, 3.63) is 47.4 Å². The molecule has 1 unspecified atom stereocenters. The molecule has 1 aliphatic rings. The van der Waals surface area contributed by atoms with Crippen LogP contribution in [0.25, 0.3) is 0 Å². The van der Waals surface area contributed by atoms with Crippen LogP contribution in [0.2, 0.25) is 0 Å². The number of halogens is 3. The van der Waals surface area contributed by atoms with Crippen LogP contribution in [0.5, 0.6) is 0 Å². The van der Waals surface area contributed by atoms with Crippen LogP contribution in [0, 0.1) is 5.41 Å². The van der Waals surface area contributed by atoms with Gasteiger partial charge in [0.25, 0.3) is 0 Å². The van der Waals surface area contributed by atoms with Crippen molar-refractivity contribution >= 4 is 11.7 Å². The van der Waals surface area contributed by atoms with Crippen LogP contribution < -0.4 is 0 Å². The SMILES string of the molecule is CCCOC=C1OC(=N)C(c2cccc(C(F)(F)F)c2)C1=O. The second-order valence-electron chi connectivity index (χ2n) is 4.74. The zero-order chi connectivity index (χ0) is 16.3. The maximum atomic E-state index is 12.7. The van der Waals surface area contributed by atoms with Gasteiger partial charge in [-0.1, -0.05) is 25.1 Å². The smallest absolute Gasteiger partial charge is 0.416 e. The van der Waals surface area contributed by atoms with E-state index >= 15 is 0 Å². The van der Waals surface area contributed by atoms with Gasteiger partial charge in [0.1, 0.15) is 12.2 Å². The molecule has 0 aliphatic carbocycles. The molecule has 0 bridgehead atoms. The van der Waals surface area contributed by atoms with Crippen molar-refractivity contribution in [3.63, 3.8) is 0 Å². The van der Waals surface area contributed by atoms with Crippen molar-refractivity contribution in [2.24, 2.45) is 0 Å². The van der Waals surface area contributed by atoms with Gasteiger partial charge in [-0.05, 0) is 18.1 Å². The van der Waals surface area contributed by atoms with E-state index in [0.29, 0.717) is 6.61 Å². The van der Waals surface area contributed by atoms with E-state index < -0.39 is 29.3 Å². The summed E-state index contributed by atoms with van der Waals surface area (Å²) >= 11 is 0. The van der Waals surface area contributed by atoms with Gasteiger partial charge >= 0.3 is 6.18 Å². The molecule has 1 N–H and O–H groups in total. The molecule has 0 amide bonds. The highest BCUT2D eigenvalue weighted by molar-refractivity contribution is 6.18. The van der Waals surface area contributed by atoms with Gasteiger partial charge in [-0.3, -0.25) is 10.2 Å². The Balaban J connectivity index is 2.28. The Kier molecular flexibility index (Phi) is 4.54. The van der Waals surface area contributed by atoms with Gasteiger partial charge in [0.2, 0.25) is 17.4 Å². The Morgan fingerprint density at radius 2 is 2.14 bits per heavy atom. The molecule has 1 saturated heterocycles. The van der Waals surface area contributed by atoms with E-state index in [-0.39, 0.29) is 11.3 Å². The molecule has 4 nitrogen and oxygen atoms in total. The summed E-state index contributed by atoms with van der Waals surface area (Å²) in [5.41, 5.74) is -0.797. The summed E-state index contributed by atoms with van der Waals surface area (Å²) < 4.78 is 48.3. The summed E-state index contributed by atoms with van der Waals surface area (Å²) in [4.78, 5) is 12.2. The van der Waals surface area contributed by atoms with Crippen molar-refractivity contribution in [1.29, 1.82) is 5.41 Å². The van der Waals surface area contributed by atoms with Crippen LogP contribution in [0.15, 0.2) is 36.3 Å². The number of allylic oxidation sites excluding steroid dienone is 1. The third kappa shape index (κ3) is 3.29. The summed E-state index contributed by atoms with van der Waals surface area (Å²) in [5, 5.41) is 7.69. The highest BCUT2D eigenvalue weighted by Crippen LogP contribution is 2.34. The Labute approximate surface area is 125 Å². The third-order valence-electron chi connectivity index (χ3n) is 3.05. The van der Waals surface area contributed by atoms with E-state index in [4.69, 9.17) is 14.9 Å². The molecule has 22 heavy (non-hydrogen) atoms. The van der Waals surface area contributed by atoms with E-state index in [1.807, 2.05) is 6.92 Å². The summed E-state index contributed by atoms with van der Waals surface area (Å²) in [6.45, 7) is 2.25. The van der Waals surface area contributed by atoms with Crippen molar-refractivity contribution in [3.8, 4) is 0 Å². The summed E-state index contributed by atoms with van der Waals surface area (Å²) in [6.07, 6.45) is -2.68. The molecule has 118 valence electrons. The first-order chi connectivity index (χ1) is 10.3. The van der Waals surface area contributed by atoms with Gasteiger partial charge in [-0.2, -0.15) is 13.2 Å². The monoisotopic (exact) mass is 313 g/mol. The first-order valence-electron chi connectivity index (χ1n) is 6.64. The molecule has 1 aromatic rings. The molecule has 0 spiro atoms. The van der Waals surface area contributed by atoms with Crippen LogP contribution in [0.3, 0.4) is 0 Å². The second kappa shape index (κ2) is 6.21. The number of carbonyl (C=O) groups is 1. The molecule has 7 heteroatoms. The van der Waals surface area contributed by atoms with Crippen molar-refractivity contribution < 1.29 is 27.4 Å². The molecular formula is C15H14F3NO3. The lowest BCUT2D eigenvalue weighted by Gasteiger charge is -2.10. The molecule has 0 radical (unpaired) electrons. The van der Waals surface area contributed by atoms with E-state index in [1.54, 1.807) is 0 Å². The first-order valence-corrected chi connectivity index (χ1v) is 6.64. The standard InChI is InChI=1S/C15H14F3NO3/c1-2-6-21-8-11-13(20)12(14(19)22-11)9-4-3-5-10(7-9)15(16,17)18/h3-5,7-8,12,19H,2,6H2,1H3. The lowest BCUT2D eigenvalue weighted by Crippen LogP contribution is -2.14. The fourth-order valence-electron chi connectivity index (χ4n) is 2.02. The number of alkyl halides is 3. The number of hydrogen-bond donors (Lipinski definition) is 1. The minimum Gasteiger partial charge on any atom is -0.497 e. The van der Waals surface area contributed by atoms with Crippen LogP contribution in [-0.2, 0) is 20.4 Å². The van der Waals surface area contributed by atoms with Crippen LogP contribution in [-0.4, -0.2) is 18.3 Å². The highest BCUT2D eigenvalue weighted by atomic mass is 19.4. The molecule has 0 saturated carbocycles. The molecular weight excluding hydrogens is 299 g/mol. The average molecular weight is 313 g/mol. The Hall–Kier alpha value is -2.31. The van der Waals surface area contributed by atoms with E-state index in [9.17, 15) is 18.0 Å². The van der Waals surface area contributed by atoms with Crippen LogP contribution in [0.4, 0.5) is 13.2 Å². The molecule has 1 heterocycles. The molecule has 1 aliphatic heterocycles. The summed E-state index contributed by atoms with van der Waals surface area (Å²) in [7, 11) is 0. The first kappa shape index (κ1) is 16.1. The summed E-state index contributed by atoms with van der Waals surface area (Å²) in [5.74, 6) is -2.32. The minimum atomic E-state index is -4.51. The zero-order valence-electron chi connectivity index (χ0n) is 11.7. The van der Waals surface area contributed by atoms with Gasteiger partial charge in [0.05, 0.1) is 12.2 Å². The van der Waals surface area contributed by atoms with Crippen molar-refractivity contribution in [1.82, 2.24) is 0 Å². The number of hydrogen-bond acceptors (Lipinski definition) is 4. The molecule has 1 atom stereocenters. The van der Waals surface area contributed by atoms with Gasteiger partial charge in [0, 0.05) is 0 Å². The number of nitrogens with one attached hydrogen (secondary N) is 1. The number of benzene rings is 1. The Bertz CT molecular complexity index is 623. The second-order valence-corrected chi connectivity index (χ2v) is 4.74. The number of ether oxygens (including phenoxy) is 2. The topological polar surface area (TPSA) is 59.4 Å². The quantitative estimate of drug-likeness (QED) is 0.524. The van der Waals surface area contributed by atoms with Gasteiger partial charge in [-0.25, -0.2) is 0 Å². The number of Topliss-reactive ketones (excluding diaryl/α,β-unsaturated/α-hetero) is 1. The fourth-order valence-corrected chi connectivity index (χ4v) is 2.02. The maximum Gasteiger partial charge on any atom is 0.416 e. The minimum absolute atomic E-state index is 0.0729. The van der Waals surface area contributed by atoms with Gasteiger partial charge in [-0.15, -0.1) is 0 Å². The molecule has 0 aromatic heterocycles. The molecule has 2 rings (SSSR count). The largest absolute Gasteiger partial charge is 0.497 e. The average Bonchev–Trinajstić information content (AvgIpc) is 2.73. The number of ketones is 1. The van der Waals surface area contributed by atoms with Crippen LogP contribution in [0.1, 0.15) is 30.4 Å². The van der Waals surface area contributed by atoms with Gasteiger partial charge in [0.15, 0.2) is 0 Å². The Morgan fingerprint density at radius 3 is 2.77 bits per heavy atom. The maximum absolute atomic E-state index is 12.7. The zero-order valence-corrected chi connectivity index (χ0v) is 11.7. The predicted octanol–water partition coefficient (Wildman–Crippen LogP) is 3.63.